The van der Waals surface area contributed by atoms with Crippen LogP contribution in [0.2, 0.25) is 5.02 Å². The Balaban J connectivity index is 0.00000432. The van der Waals surface area contributed by atoms with Crippen molar-refractivity contribution in [1.29, 1.82) is 0 Å². The molecule has 0 amide bonds. The minimum absolute atomic E-state index is 0. The molecular formula is C25H31ClNNaO5S2. The van der Waals surface area contributed by atoms with E-state index in [2.05, 4.69) is 18.6 Å². The fourth-order valence-corrected chi connectivity index (χ4v) is 6.31. The molecule has 0 unspecified atom stereocenters. The summed E-state index contributed by atoms with van der Waals surface area (Å²) in [5.41, 5.74) is 2.64. The summed E-state index contributed by atoms with van der Waals surface area (Å²) in [6.45, 7) is 8.16. The molecule has 0 heterocycles. The molecule has 0 saturated carbocycles. The summed E-state index contributed by atoms with van der Waals surface area (Å²) in [5, 5.41) is 0.155. The van der Waals surface area contributed by atoms with Crippen molar-refractivity contribution in [3.8, 4) is 11.1 Å². The van der Waals surface area contributed by atoms with Crippen molar-refractivity contribution in [2.45, 2.75) is 56.2 Å². The SMILES string of the molecule is CC(C)c1ccc2c(CCC(C)(C)CNS(=O)(=O)c3ccccc3Cl)cc(S(=O)(=O)O)c-2cc1.[NaH]. The number of rotatable bonds is 9. The first-order valence-corrected chi connectivity index (χ1v) is 14.3. The Morgan fingerprint density at radius 3 is 2.11 bits per heavy atom. The number of hydrogen-bond acceptors (Lipinski definition) is 4. The second-order valence-electron chi connectivity index (χ2n) is 9.58. The molecule has 0 spiro atoms. The molecule has 6 nitrogen and oxygen atoms in total. The van der Waals surface area contributed by atoms with Gasteiger partial charge in [0, 0.05) is 12.1 Å². The second-order valence-corrected chi connectivity index (χ2v) is 13.1. The number of hydrogen-bond donors (Lipinski definition) is 2. The predicted octanol–water partition coefficient (Wildman–Crippen LogP) is 5.10. The molecule has 0 bridgehead atoms. The average Bonchev–Trinajstić information content (AvgIpc) is 2.94. The van der Waals surface area contributed by atoms with Gasteiger partial charge in [-0.25, -0.2) is 13.1 Å². The monoisotopic (exact) mass is 547 g/mol. The molecule has 2 aliphatic carbocycles. The summed E-state index contributed by atoms with van der Waals surface area (Å²) in [5.74, 6) is 0.263. The van der Waals surface area contributed by atoms with Gasteiger partial charge in [0.25, 0.3) is 10.1 Å². The standard InChI is InChI=1S/C25H30ClNO5S2.Na.H/c1-17(2)18-9-11-20-19(15-24(34(30,31)32)21(20)12-10-18)13-14-25(3,4)16-27-33(28,29)23-8-6-5-7-22(23)26;;/h5-12,15,17,27H,13-14,16H2,1-4H3,(H,30,31,32);;. The topological polar surface area (TPSA) is 101 Å². The molecule has 2 N–H and O–H groups in total. The average molecular weight is 548 g/mol. The zero-order chi connectivity index (χ0) is 25.3. The van der Waals surface area contributed by atoms with Crippen LogP contribution in [0.1, 0.15) is 51.2 Å². The molecule has 1 aromatic rings. The van der Waals surface area contributed by atoms with Gasteiger partial charge >= 0.3 is 29.6 Å². The third-order valence-corrected chi connectivity index (χ3v) is 8.77. The summed E-state index contributed by atoms with van der Waals surface area (Å²) >= 11 is 6.05. The fraction of sp³-hybridized carbons (Fsp3) is 0.360. The van der Waals surface area contributed by atoms with Crippen molar-refractivity contribution < 1.29 is 21.4 Å². The van der Waals surface area contributed by atoms with Crippen molar-refractivity contribution in [3.63, 3.8) is 0 Å². The van der Waals surface area contributed by atoms with Crippen molar-refractivity contribution in [2.75, 3.05) is 6.54 Å². The third-order valence-electron chi connectivity index (χ3n) is 5.97. The quantitative estimate of drug-likeness (QED) is 0.286. The molecule has 1 aromatic carbocycles. The molecule has 0 fully saturated rings. The Labute approximate surface area is 235 Å². The summed E-state index contributed by atoms with van der Waals surface area (Å²) in [6, 6.07) is 15.2. The van der Waals surface area contributed by atoms with Crippen molar-refractivity contribution >= 4 is 61.3 Å². The number of fused-ring (bicyclic) bond motifs is 1. The number of benzene rings is 1. The zero-order valence-electron chi connectivity index (χ0n) is 19.7. The number of aryl methyl sites for hydroxylation is 1. The second kappa shape index (κ2) is 11.6. The van der Waals surface area contributed by atoms with Gasteiger partial charge < -0.3 is 0 Å². The molecule has 2 aliphatic rings. The molecule has 10 heteroatoms. The molecule has 0 atom stereocenters. The predicted molar refractivity (Wildman–Crippen MR) is 143 cm³/mol. The van der Waals surface area contributed by atoms with E-state index in [0.717, 1.165) is 16.7 Å². The van der Waals surface area contributed by atoms with Gasteiger partial charge in [-0.2, -0.15) is 8.42 Å². The van der Waals surface area contributed by atoms with E-state index in [1.165, 1.54) is 18.2 Å². The van der Waals surface area contributed by atoms with Crippen LogP contribution in [0.4, 0.5) is 0 Å². The van der Waals surface area contributed by atoms with Crippen LogP contribution in [-0.4, -0.2) is 57.5 Å². The third kappa shape index (κ3) is 7.52. The van der Waals surface area contributed by atoms with Crippen LogP contribution < -0.4 is 4.72 Å². The van der Waals surface area contributed by atoms with E-state index in [0.29, 0.717) is 18.4 Å². The molecule has 0 aliphatic heterocycles. The van der Waals surface area contributed by atoms with E-state index >= 15 is 0 Å². The first-order chi connectivity index (χ1) is 15.7. The van der Waals surface area contributed by atoms with Crippen LogP contribution in [0.3, 0.4) is 0 Å². The van der Waals surface area contributed by atoms with Crippen LogP contribution in [0, 0.1) is 5.41 Å². The molecule has 0 saturated heterocycles. The normalized spacial score (nSPS) is 12.7. The summed E-state index contributed by atoms with van der Waals surface area (Å²) < 4.78 is 61.9. The molecule has 186 valence electrons. The Morgan fingerprint density at radius 2 is 1.54 bits per heavy atom. The Hall–Kier alpha value is -0.970. The van der Waals surface area contributed by atoms with Gasteiger partial charge in [-0.05, 0) is 59.1 Å². The van der Waals surface area contributed by atoms with E-state index in [1.54, 1.807) is 18.2 Å². The van der Waals surface area contributed by atoms with Gasteiger partial charge in [-0.3, -0.25) is 4.55 Å². The maximum absolute atomic E-state index is 12.7. The Kier molecular flexibility index (Phi) is 10.0. The van der Waals surface area contributed by atoms with E-state index in [-0.39, 0.29) is 56.8 Å². The van der Waals surface area contributed by atoms with Gasteiger partial charge in [0.2, 0.25) is 10.0 Å². The molecule has 0 radical (unpaired) electrons. The van der Waals surface area contributed by atoms with E-state index in [4.69, 9.17) is 11.6 Å². The van der Waals surface area contributed by atoms with Gasteiger partial charge in [-0.1, -0.05) is 75.7 Å². The van der Waals surface area contributed by atoms with Gasteiger partial charge in [-0.15, -0.1) is 0 Å². The van der Waals surface area contributed by atoms with Gasteiger partial charge in [0.15, 0.2) is 0 Å². The molecular weight excluding hydrogens is 517 g/mol. The summed E-state index contributed by atoms with van der Waals surface area (Å²) in [6.07, 6.45) is 1.09. The van der Waals surface area contributed by atoms with Crippen molar-refractivity contribution in [1.82, 2.24) is 4.72 Å². The number of sulfonamides is 1. The maximum atomic E-state index is 12.7. The van der Waals surface area contributed by atoms with E-state index in [9.17, 15) is 21.4 Å². The number of nitrogens with one attached hydrogen (secondary N) is 1. The molecule has 3 rings (SSSR count). The summed E-state index contributed by atoms with van der Waals surface area (Å²) in [7, 11) is -8.17. The minimum atomic E-state index is -4.39. The van der Waals surface area contributed by atoms with Crippen molar-refractivity contribution in [3.05, 3.63) is 70.7 Å². The van der Waals surface area contributed by atoms with E-state index in [1.807, 2.05) is 32.0 Å². The van der Waals surface area contributed by atoms with Gasteiger partial charge in [0.05, 0.1) is 5.02 Å². The van der Waals surface area contributed by atoms with Crippen LogP contribution in [-0.2, 0) is 26.6 Å². The zero-order valence-corrected chi connectivity index (χ0v) is 22.1. The molecule has 35 heavy (non-hydrogen) atoms. The molecule has 0 aromatic heterocycles. The first kappa shape index (κ1) is 30.3. The van der Waals surface area contributed by atoms with Crippen LogP contribution >= 0.6 is 11.6 Å². The summed E-state index contributed by atoms with van der Waals surface area (Å²) in [4.78, 5) is -0.0821. The van der Waals surface area contributed by atoms with E-state index < -0.39 is 25.6 Å². The number of halogens is 1. The fourth-order valence-electron chi connectivity index (χ4n) is 3.80. The Bertz CT molecular complexity index is 1370. The van der Waals surface area contributed by atoms with Crippen LogP contribution in [0.25, 0.3) is 11.1 Å². The van der Waals surface area contributed by atoms with Gasteiger partial charge in [0.1, 0.15) is 9.79 Å². The Morgan fingerprint density at radius 1 is 0.943 bits per heavy atom. The first-order valence-electron chi connectivity index (χ1n) is 11.0. The van der Waals surface area contributed by atoms with Crippen LogP contribution in [0.5, 0.6) is 0 Å². The van der Waals surface area contributed by atoms with Crippen LogP contribution in [0.15, 0.2) is 64.4 Å². The van der Waals surface area contributed by atoms with Crippen molar-refractivity contribution in [2.24, 2.45) is 5.41 Å².